The Morgan fingerprint density at radius 2 is 1.73 bits per heavy atom. The van der Waals surface area contributed by atoms with E-state index in [1.807, 2.05) is 0 Å². The number of carbonyl (C=O) groups excluding carboxylic acids is 1. The molecule has 1 amide bonds. The zero-order chi connectivity index (χ0) is 21.1. The maximum atomic E-state index is 12.6. The van der Waals surface area contributed by atoms with Crippen LogP contribution in [0.25, 0.3) is 0 Å². The van der Waals surface area contributed by atoms with Crippen molar-refractivity contribution in [1.29, 1.82) is 0 Å². The molecule has 2 fully saturated rings. The SMILES string of the molecule is COc1ccc(C(=O)N2CCC(Oc3ccc(NS(=O)(=O)C4CC4)cn3)CC2)cn1. The third-order valence-electron chi connectivity index (χ3n) is 5.17. The van der Waals surface area contributed by atoms with Gasteiger partial charge in [-0.25, -0.2) is 18.4 Å². The smallest absolute Gasteiger partial charge is 0.255 e. The van der Waals surface area contributed by atoms with Crippen LogP contribution in [0.1, 0.15) is 36.0 Å². The molecule has 2 aromatic rings. The van der Waals surface area contributed by atoms with Crippen LogP contribution in [0, 0.1) is 0 Å². The van der Waals surface area contributed by atoms with Crippen LogP contribution in [0.15, 0.2) is 36.7 Å². The Morgan fingerprint density at radius 3 is 2.30 bits per heavy atom. The topological polar surface area (TPSA) is 111 Å². The summed E-state index contributed by atoms with van der Waals surface area (Å²) >= 11 is 0. The minimum absolute atomic E-state index is 0.0513. The molecule has 0 aromatic carbocycles. The van der Waals surface area contributed by atoms with Gasteiger partial charge in [0.15, 0.2) is 0 Å². The van der Waals surface area contributed by atoms with Gasteiger partial charge in [-0.1, -0.05) is 0 Å². The van der Waals surface area contributed by atoms with Gasteiger partial charge in [-0.2, -0.15) is 0 Å². The third kappa shape index (κ3) is 4.81. The van der Waals surface area contributed by atoms with E-state index in [0.29, 0.717) is 61.8 Å². The lowest BCUT2D eigenvalue weighted by Crippen LogP contribution is -2.41. The Kier molecular flexibility index (Phi) is 5.76. The van der Waals surface area contributed by atoms with Gasteiger partial charge in [0.1, 0.15) is 6.10 Å². The first kappa shape index (κ1) is 20.4. The molecule has 1 aliphatic carbocycles. The van der Waals surface area contributed by atoms with Gasteiger partial charge in [-0.05, 0) is 25.0 Å². The molecule has 0 atom stereocenters. The number of hydrogen-bond acceptors (Lipinski definition) is 7. The van der Waals surface area contributed by atoms with Crippen molar-refractivity contribution in [1.82, 2.24) is 14.9 Å². The number of carbonyl (C=O) groups is 1. The number of anilines is 1. The molecule has 1 saturated heterocycles. The summed E-state index contributed by atoms with van der Waals surface area (Å²) in [4.78, 5) is 22.7. The van der Waals surface area contributed by atoms with Crippen molar-refractivity contribution >= 4 is 21.6 Å². The number of sulfonamides is 1. The van der Waals surface area contributed by atoms with Crippen LogP contribution < -0.4 is 14.2 Å². The highest BCUT2D eigenvalue weighted by Crippen LogP contribution is 2.30. The lowest BCUT2D eigenvalue weighted by molar-refractivity contribution is 0.0587. The maximum absolute atomic E-state index is 12.6. The van der Waals surface area contributed by atoms with Crippen molar-refractivity contribution in [2.24, 2.45) is 0 Å². The van der Waals surface area contributed by atoms with Crippen molar-refractivity contribution in [2.75, 3.05) is 24.9 Å². The molecule has 4 rings (SSSR count). The summed E-state index contributed by atoms with van der Waals surface area (Å²) in [6, 6.07) is 6.69. The average molecular weight is 433 g/mol. The van der Waals surface area contributed by atoms with Crippen LogP contribution in [-0.4, -0.2) is 60.7 Å². The monoisotopic (exact) mass is 432 g/mol. The zero-order valence-corrected chi connectivity index (χ0v) is 17.5. The van der Waals surface area contributed by atoms with Crippen molar-refractivity contribution in [2.45, 2.75) is 37.0 Å². The highest BCUT2D eigenvalue weighted by molar-refractivity contribution is 7.93. The van der Waals surface area contributed by atoms with E-state index in [2.05, 4.69) is 14.7 Å². The van der Waals surface area contributed by atoms with E-state index >= 15 is 0 Å². The predicted molar refractivity (Wildman–Crippen MR) is 110 cm³/mol. The Morgan fingerprint density at radius 1 is 1.03 bits per heavy atom. The molecule has 0 unspecified atom stereocenters. The number of rotatable bonds is 7. The van der Waals surface area contributed by atoms with E-state index < -0.39 is 10.0 Å². The zero-order valence-electron chi connectivity index (χ0n) is 16.7. The molecule has 1 saturated carbocycles. The molecule has 9 nitrogen and oxygen atoms in total. The summed E-state index contributed by atoms with van der Waals surface area (Å²) in [5.74, 6) is 0.847. The molecule has 10 heteroatoms. The van der Waals surface area contributed by atoms with Crippen LogP contribution in [0.5, 0.6) is 11.8 Å². The Labute approximate surface area is 175 Å². The molecule has 2 aliphatic rings. The number of pyridine rings is 2. The van der Waals surface area contributed by atoms with Crippen molar-refractivity contribution < 1.29 is 22.7 Å². The Balaban J connectivity index is 1.27. The molecule has 30 heavy (non-hydrogen) atoms. The Hall–Kier alpha value is -2.88. The summed E-state index contributed by atoms with van der Waals surface area (Å²) < 4.78 is 37.4. The fraction of sp³-hybridized carbons (Fsp3) is 0.450. The molecular weight excluding hydrogens is 408 g/mol. The van der Waals surface area contributed by atoms with E-state index in [0.717, 1.165) is 0 Å². The van der Waals surface area contributed by atoms with Gasteiger partial charge in [-0.3, -0.25) is 9.52 Å². The largest absolute Gasteiger partial charge is 0.481 e. The first-order chi connectivity index (χ1) is 14.4. The second-order valence-electron chi connectivity index (χ2n) is 7.43. The van der Waals surface area contributed by atoms with Crippen molar-refractivity contribution in [3.8, 4) is 11.8 Å². The molecule has 1 aliphatic heterocycles. The quantitative estimate of drug-likeness (QED) is 0.713. The minimum Gasteiger partial charge on any atom is -0.481 e. The van der Waals surface area contributed by atoms with Crippen LogP contribution in [-0.2, 0) is 10.0 Å². The fourth-order valence-electron chi connectivity index (χ4n) is 3.29. The first-order valence-corrected chi connectivity index (χ1v) is 11.4. The van der Waals surface area contributed by atoms with E-state index in [-0.39, 0.29) is 17.3 Å². The highest BCUT2D eigenvalue weighted by Gasteiger charge is 2.35. The molecule has 160 valence electrons. The average Bonchev–Trinajstić information content (AvgIpc) is 3.61. The van der Waals surface area contributed by atoms with E-state index in [1.165, 1.54) is 19.5 Å². The number of piperidine rings is 1. The third-order valence-corrected chi connectivity index (χ3v) is 7.04. The number of aromatic nitrogens is 2. The molecule has 0 spiro atoms. The fourth-order valence-corrected chi connectivity index (χ4v) is 4.67. The maximum Gasteiger partial charge on any atom is 0.255 e. The second-order valence-corrected chi connectivity index (χ2v) is 9.39. The summed E-state index contributed by atoms with van der Waals surface area (Å²) in [6.45, 7) is 1.16. The number of amides is 1. The lowest BCUT2D eigenvalue weighted by atomic mass is 10.1. The molecular formula is C20H24N4O5S. The predicted octanol–water partition coefficient (Wildman–Crippen LogP) is 2.07. The number of nitrogens with one attached hydrogen (secondary N) is 1. The van der Waals surface area contributed by atoms with E-state index in [1.54, 1.807) is 29.2 Å². The molecule has 0 radical (unpaired) electrons. The van der Waals surface area contributed by atoms with Gasteiger partial charge in [0.2, 0.25) is 21.8 Å². The number of nitrogens with zero attached hydrogens (tertiary/aromatic N) is 3. The summed E-state index contributed by atoms with van der Waals surface area (Å²) in [5, 5.41) is -0.282. The van der Waals surface area contributed by atoms with Crippen molar-refractivity contribution in [3.05, 3.63) is 42.2 Å². The van der Waals surface area contributed by atoms with Gasteiger partial charge in [-0.15, -0.1) is 0 Å². The van der Waals surface area contributed by atoms with E-state index in [4.69, 9.17) is 9.47 Å². The van der Waals surface area contributed by atoms with Crippen LogP contribution in [0.3, 0.4) is 0 Å². The Bertz CT molecular complexity index is 983. The van der Waals surface area contributed by atoms with Crippen LogP contribution in [0.2, 0.25) is 0 Å². The number of methoxy groups -OCH3 is 1. The van der Waals surface area contributed by atoms with Crippen molar-refractivity contribution in [3.63, 3.8) is 0 Å². The van der Waals surface area contributed by atoms with Crippen LogP contribution in [0.4, 0.5) is 5.69 Å². The molecule has 0 bridgehead atoms. The number of hydrogen-bond donors (Lipinski definition) is 1. The molecule has 3 heterocycles. The van der Waals surface area contributed by atoms with E-state index in [9.17, 15) is 13.2 Å². The highest BCUT2D eigenvalue weighted by atomic mass is 32.2. The number of ether oxygens (including phenoxy) is 2. The standard InChI is InChI=1S/C20H24N4O5S/c1-28-18-6-2-14(12-21-18)20(25)24-10-8-16(9-11-24)29-19-7-3-15(13-22-19)23-30(26,27)17-4-5-17/h2-3,6-7,12-13,16-17,23H,4-5,8-11H2,1H3. The van der Waals surface area contributed by atoms with Gasteiger partial charge in [0.05, 0.1) is 29.8 Å². The van der Waals surface area contributed by atoms with Gasteiger partial charge < -0.3 is 14.4 Å². The van der Waals surface area contributed by atoms with Gasteiger partial charge >= 0.3 is 0 Å². The minimum atomic E-state index is -3.30. The van der Waals surface area contributed by atoms with Gasteiger partial charge in [0, 0.05) is 44.3 Å². The number of likely N-dealkylation sites (tertiary alicyclic amines) is 1. The summed E-state index contributed by atoms with van der Waals surface area (Å²) in [6.07, 6.45) is 5.72. The summed E-state index contributed by atoms with van der Waals surface area (Å²) in [5.41, 5.74) is 0.962. The normalized spacial score (nSPS) is 17.4. The first-order valence-electron chi connectivity index (χ1n) is 9.88. The van der Waals surface area contributed by atoms with Gasteiger partial charge in [0.25, 0.3) is 5.91 Å². The second kappa shape index (κ2) is 8.47. The molecule has 2 aromatic heterocycles. The summed E-state index contributed by atoms with van der Waals surface area (Å²) in [7, 11) is -1.77. The molecule has 1 N–H and O–H groups in total. The van der Waals surface area contributed by atoms with Crippen LogP contribution >= 0.6 is 0 Å². The lowest BCUT2D eigenvalue weighted by Gasteiger charge is -2.32.